The molecule has 0 unspecified atom stereocenters. The summed E-state index contributed by atoms with van der Waals surface area (Å²) in [6.45, 7) is 11.9. The fourth-order valence-corrected chi connectivity index (χ4v) is 8.12. The lowest BCUT2D eigenvalue weighted by molar-refractivity contribution is -0.128. The fourth-order valence-electron chi connectivity index (χ4n) is 7.84. The van der Waals surface area contributed by atoms with E-state index in [1.54, 1.807) is 12.1 Å². The lowest BCUT2D eigenvalue weighted by Crippen LogP contribution is -2.20. The lowest BCUT2D eigenvalue weighted by atomic mass is 9.89. The smallest absolute Gasteiger partial charge is 0.293 e. The molecule has 0 bridgehead atoms. The van der Waals surface area contributed by atoms with E-state index < -0.39 is 0 Å². The fraction of sp³-hybridized carbons (Fsp3) is 0.322. The van der Waals surface area contributed by atoms with Crippen LogP contribution in [0.5, 0.6) is 5.75 Å². The number of carbonyl (C=O) groups excluding carboxylic acids is 1. The molecule has 0 spiro atoms. The minimum Gasteiger partial charge on any atom is -0.493 e. The Morgan fingerprint density at radius 1 is 0.806 bits per heavy atom. The van der Waals surface area contributed by atoms with Crippen molar-refractivity contribution in [1.82, 2.24) is 5.43 Å². The van der Waals surface area contributed by atoms with Gasteiger partial charge in [0.2, 0.25) is 0 Å². The number of nitrogens with zero attached hydrogens (tertiary/aromatic N) is 1. The van der Waals surface area contributed by atoms with Crippen LogP contribution < -0.4 is 15.5 Å². The van der Waals surface area contributed by atoms with Crippen molar-refractivity contribution in [3.05, 3.63) is 162 Å². The van der Waals surface area contributed by atoms with Crippen LogP contribution in [0.3, 0.4) is 0 Å². The Kier molecular flexibility index (Phi) is 22.1. The van der Waals surface area contributed by atoms with Crippen LogP contribution >= 0.6 is 12.6 Å². The van der Waals surface area contributed by atoms with E-state index in [1.165, 1.54) is 79.7 Å². The number of rotatable bonds is 18. The molecular formula is C59H68FN3O3S. The molecule has 0 aromatic heterocycles. The molecule has 67 heavy (non-hydrogen) atoms. The van der Waals surface area contributed by atoms with E-state index in [1.807, 2.05) is 75.6 Å². The first-order valence-corrected chi connectivity index (χ1v) is 24.2. The van der Waals surface area contributed by atoms with E-state index in [-0.39, 0.29) is 5.82 Å². The Morgan fingerprint density at radius 3 is 2.16 bits per heavy atom. The molecule has 0 heterocycles. The maximum atomic E-state index is 15.0. The van der Waals surface area contributed by atoms with Crippen LogP contribution in [0.2, 0.25) is 0 Å². The Labute approximate surface area is 404 Å². The van der Waals surface area contributed by atoms with Gasteiger partial charge in [-0.2, -0.15) is 5.10 Å². The SMILES string of the molecule is C=C(C)C.CCCCCc1ccc(-c2ccc3cc(C#Cc4ccc(-c5ccc(OCCCCOC=O)cc5F)cc4)ccc3c2/C=N/NCC2CCCCC2)cc1.CNc1ccccc1S. The summed E-state index contributed by atoms with van der Waals surface area (Å²) in [7, 11) is 1.88. The topological polar surface area (TPSA) is 72.0 Å². The van der Waals surface area contributed by atoms with Crippen molar-refractivity contribution in [2.45, 2.75) is 96.3 Å². The number of thiol groups is 1. The Balaban J connectivity index is 0.000000561. The quantitative estimate of drug-likeness (QED) is 0.0152. The number of hydrazone groups is 1. The summed E-state index contributed by atoms with van der Waals surface area (Å²) in [5, 5.41) is 10.0. The molecule has 0 radical (unpaired) electrons. The maximum Gasteiger partial charge on any atom is 0.293 e. The van der Waals surface area contributed by atoms with Crippen LogP contribution in [0.4, 0.5) is 10.1 Å². The van der Waals surface area contributed by atoms with Gasteiger partial charge in [-0.1, -0.05) is 123 Å². The summed E-state index contributed by atoms with van der Waals surface area (Å²) in [5.41, 5.74) is 13.5. The third-order valence-corrected chi connectivity index (χ3v) is 11.8. The van der Waals surface area contributed by atoms with Gasteiger partial charge in [0.1, 0.15) is 11.6 Å². The zero-order valence-electron chi connectivity index (χ0n) is 39.9. The zero-order chi connectivity index (χ0) is 47.6. The predicted molar refractivity (Wildman–Crippen MR) is 283 cm³/mol. The van der Waals surface area contributed by atoms with Gasteiger partial charge in [-0.3, -0.25) is 4.79 Å². The van der Waals surface area contributed by atoms with Crippen molar-refractivity contribution in [3.8, 4) is 39.8 Å². The molecule has 0 amide bonds. The molecule has 1 fully saturated rings. The second-order valence-corrected chi connectivity index (χ2v) is 17.7. The van der Waals surface area contributed by atoms with Crippen molar-refractivity contribution in [2.75, 3.05) is 32.1 Å². The van der Waals surface area contributed by atoms with Gasteiger partial charge in [-0.05, 0) is 140 Å². The highest BCUT2D eigenvalue weighted by Gasteiger charge is 2.13. The van der Waals surface area contributed by atoms with Gasteiger partial charge in [-0.15, -0.1) is 19.2 Å². The van der Waals surface area contributed by atoms with Crippen LogP contribution in [0, 0.1) is 23.6 Å². The van der Waals surface area contributed by atoms with Crippen LogP contribution in [0.25, 0.3) is 33.0 Å². The normalized spacial score (nSPS) is 12.1. The third kappa shape index (κ3) is 17.5. The predicted octanol–water partition coefficient (Wildman–Crippen LogP) is 14.9. The average molecular weight is 918 g/mol. The van der Waals surface area contributed by atoms with E-state index in [4.69, 9.17) is 9.84 Å². The van der Waals surface area contributed by atoms with Crippen molar-refractivity contribution in [2.24, 2.45) is 11.0 Å². The first-order valence-electron chi connectivity index (χ1n) is 23.8. The highest BCUT2D eigenvalue weighted by atomic mass is 32.1. The molecule has 1 saturated carbocycles. The highest BCUT2D eigenvalue weighted by molar-refractivity contribution is 7.80. The molecule has 6 aromatic rings. The number of allylic oxidation sites excluding steroid dienone is 1. The summed E-state index contributed by atoms with van der Waals surface area (Å²) in [6.07, 6.45) is 14.8. The molecule has 0 aliphatic heterocycles. The van der Waals surface area contributed by atoms with Crippen molar-refractivity contribution < 1.29 is 18.7 Å². The summed E-state index contributed by atoms with van der Waals surface area (Å²) >= 11 is 4.22. The van der Waals surface area contributed by atoms with Crippen LogP contribution in [0.15, 0.2) is 143 Å². The minimum atomic E-state index is -0.348. The standard InChI is InChI=1S/C48H51FN2O3.C7H9NS.C4H8/c1-2-3-5-10-36-15-20-40(21-16-36)44-27-24-42-31-38(19-26-45(42)47(44)34-51-50-33-39-11-6-4-7-12-39)14-13-37-17-22-41(23-18-37)46-28-25-43(32-48(46)49)54-30-9-8-29-53-35-52;1-8-6-4-2-3-5-7(6)9;1-4(2)3/h15-28,31-32,34-35,39,50H,2-12,29-30,33H2,1H3;2-5,8-9H,1H3;1H2,2-3H3/b51-34+;;. The van der Waals surface area contributed by atoms with Gasteiger partial charge in [0.25, 0.3) is 6.47 Å². The maximum absolute atomic E-state index is 15.0. The van der Waals surface area contributed by atoms with Gasteiger partial charge in [0.05, 0.1) is 19.4 Å². The largest absolute Gasteiger partial charge is 0.493 e. The second kappa shape index (κ2) is 28.7. The number of anilines is 1. The lowest BCUT2D eigenvalue weighted by Gasteiger charge is -2.20. The van der Waals surface area contributed by atoms with Gasteiger partial charge >= 0.3 is 0 Å². The van der Waals surface area contributed by atoms with Gasteiger partial charge in [0, 0.05) is 52.5 Å². The van der Waals surface area contributed by atoms with Crippen molar-refractivity contribution >= 4 is 41.8 Å². The van der Waals surface area contributed by atoms with Crippen molar-refractivity contribution in [3.63, 3.8) is 0 Å². The summed E-state index contributed by atoms with van der Waals surface area (Å²) < 4.78 is 25.4. The first kappa shape index (κ1) is 51.7. The van der Waals surface area contributed by atoms with Crippen LogP contribution in [-0.2, 0) is 16.0 Å². The van der Waals surface area contributed by atoms with E-state index in [9.17, 15) is 4.79 Å². The molecule has 0 saturated heterocycles. The molecule has 2 N–H and O–H groups in total. The Hall–Kier alpha value is -6.30. The number of carbonyl (C=O) groups is 1. The Bertz CT molecular complexity index is 2550. The molecule has 6 nitrogen and oxygen atoms in total. The number of fused-ring (bicyclic) bond motifs is 1. The number of ether oxygens (including phenoxy) is 2. The molecule has 1 aliphatic rings. The molecule has 0 atom stereocenters. The molecule has 8 heteroatoms. The second-order valence-electron chi connectivity index (χ2n) is 17.2. The number of benzene rings is 6. The number of hydrogen-bond donors (Lipinski definition) is 3. The Morgan fingerprint density at radius 2 is 1.48 bits per heavy atom. The van der Waals surface area contributed by atoms with E-state index in [0.29, 0.717) is 49.8 Å². The molecule has 6 aromatic carbocycles. The summed E-state index contributed by atoms with van der Waals surface area (Å²) in [4.78, 5) is 11.2. The van der Waals surface area contributed by atoms with Gasteiger partial charge in [0.15, 0.2) is 0 Å². The summed E-state index contributed by atoms with van der Waals surface area (Å²) in [5.74, 6) is 7.45. The molecule has 350 valence electrons. The molecule has 1 aliphatic carbocycles. The monoisotopic (exact) mass is 917 g/mol. The number of hydrogen-bond acceptors (Lipinski definition) is 7. The van der Waals surface area contributed by atoms with Gasteiger partial charge < -0.3 is 20.2 Å². The minimum absolute atomic E-state index is 0.348. The first-order chi connectivity index (χ1) is 32.7. The van der Waals surface area contributed by atoms with Crippen LogP contribution in [0.1, 0.15) is 107 Å². The number of para-hydroxylation sites is 1. The summed E-state index contributed by atoms with van der Waals surface area (Å²) in [6, 6.07) is 40.2. The van der Waals surface area contributed by atoms with E-state index in [2.05, 4.69) is 108 Å². The third-order valence-electron chi connectivity index (χ3n) is 11.4. The number of halogens is 1. The van der Waals surface area contributed by atoms with E-state index in [0.717, 1.165) is 56.6 Å². The van der Waals surface area contributed by atoms with Crippen LogP contribution in [-0.4, -0.2) is 39.5 Å². The number of unbranched alkanes of at least 4 members (excludes halogenated alkanes) is 3. The van der Waals surface area contributed by atoms with E-state index >= 15 is 4.39 Å². The average Bonchev–Trinajstić information content (AvgIpc) is 3.34. The molecule has 7 rings (SSSR count). The van der Waals surface area contributed by atoms with Crippen molar-refractivity contribution in [1.29, 1.82) is 0 Å². The number of nitrogens with one attached hydrogen (secondary N) is 2. The molecular weight excluding hydrogens is 850 g/mol. The zero-order valence-corrected chi connectivity index (χ0v) is 40.8. The highest BCUT2D eigenvalue weighted by Crippen LogP contribution is 2.31. The van der Waals surface area contributed by atoms with Gasteiger partial charge in [-0.25, -0.2) is 4.39 Å². The number of aryl methyl sites for hydroxylation is 1.